The van der Waals surface area contributed by atoms with Crippen LogP contribution in [-0.4, -0.2) is 26.2 Å². The van der Waals surface area contributed by atoms with Crippen LogP contribution in [0.1, 0.15) is 18.3 Å². The van der Waals surface area contributed by atoms with Gasteiger partial charge in [-0.15, -0.1) is 10.2 Å². The summed E-state index contributed by atoms with van der Waals surface area (Å²) in [5.74, 6) is 6.92. The molecule has 100 valence electrons. The fourth-order valence-electron chi connectivity index (χ4n) is 1.43. The number of hydrazone groups is 1. The summed E-state index contributed by atoms with van der Waals surface area (Å²) < 4.78 is 2.35. The lowest BCUT2D eigenvalue weighted by Crippen LogP contribution is -2.14. The number of benzene rings is 1. The molecule has 0 saturated heterocycles. The van der Waals surface area contributed by atoms with Crippen molar-refractivity contribution in [2.45, 2.75) is 13.3 Å². The molecule has 0 radical (unpaired) electrons. The van der Waals surface area contributed by atoms with Crippen molar-refractivity contribution in [2.75, 3.05) is 11.3 Å². The topological polar surface area (TPSA) is 101 Å². The number of nitrogens with two attached hydrogens (primary N) is 1. The molecule has 4 N–H and O–H groups in total. The molecule has 0 aliphatic carbocycles. The summed E-state index contributed by atoms with van der Waals surface area (Å²) in [6.07, 6.45) is 2.18. The fraction of sp³-hybridized carbons (Fsp3) is 0.182. The monoisotopic (exact) mass is 372 g/mol. The SMILES string of the molecule is CCc1nnc(N/N=C/c2cc(I)ccc2O)n1N. The van der Waals surface area contributed by atoms with Crippen molar-refractivity contribution in [1.82, 2.24) is 14.9 Å². The van der Waals surface area contributed by atoms with Crippen molar-refractivity contribution in [1.29, 1.82) is 0 Å². The Morgan fingerprint density at radius 1 is 1.53 bits per heavy atom. The number of rotatable bonds is 4. The van der Waals surface area contributed by atoms with Crippen LogP contribution in [0.3, 0.4) is 0 Å². The Morgan fingerprint density at radius 2 is 2.32 bits per heavy atom. The van der Waals surface area contributed by atoms with E-state index in [1.807, 2.05) is 19.1 Å². The van der Waals surface area contributed by atoms with Crippen molar-refractivity contribution in [3.8, 4) is 5.75 Å². The summed E-state index contributed by atoms with van der Waals surface area (Å²) in [5, 5.41) is 21.4. The molecule has 2 aromatic rings. The third-order valence-corrected chi connectivity index (χ3v) is 3.11. The van der Waals surface area contributed by atoms with Crippen molar-refractivity contribution in [2.24, 2.45) is 5.10 Å². The molecule has 1 aromatic heterocycles. The van der Waals surface area contributed by atoms with Gasteiger partial charge in [-0.25, -0.2) is 10.1 Å². The van der Waals surface area contributed by atoms with Crippen LogP contribution in [0, 0.1) is 3.57 Å². The van der Waals surface area contributed by atoms with Crippen LogP contribution in [0.15, 0.2) is 23.3 Å². The Morgan fingerprint density at radius 3 is 3.00 bits per heavy atom. The van der Waals surface area contributed by atoms with E-state index in [2.05, 4.69) is 43.3 Å². The lowest BCUT2D eigenvalue weighted by Gasteiger charge is -2.01. The molecule has 0 unspecified atom stereocenters. The van der Waals surface area contributed by atoms with E-state index in [0.717, 1.165) is 3.57 Å². The van der Waals surface area contributed by atoms with Gasteiger partial charge in [0.05, 0.1) is 6.21 Å². The summed E-state index contributed by atoms with van der Waals surface area (Å²) in [5.41, 5.74) is 3.29. The normalized spacial score (nSPS) is 11.1. The number of hydrogen-bond donors (Lipinski definition) is 3. The van der Waals surface area contributed by atoms with Gasteiger partial charge in [-0.3, -0.25) is 0 Å². The first-order valence-electron chi connectivity index (χ1n) is 5.58. The molecule has 0 fully saturated rings. The molecule has 8 heteroatoms. The van der Waals surface area contributed by atoms with Crippen molar-refractivity contribution < 1.29 is 5.11 Å². The minimum absolute atomic E-state index is 0.162. The standard InChI is InChI=1S/C11H13IN6O/c1-2-10-15-17-11(18(10)13)16-14-6-7-5-8(12)3-4-9(7)19/h3-6,19H,2,13H2,1H3,(H,16,17)/b14-6+. The molecular weight excluding hydrogens is 359 g/mol. The van der Waals surface area contributed by atoms with Crippen LogP contribution in [-0.2, 0) is 6.42 Å². The zero-order valence-corrected chi connectivity index (χ0v) is 12.4. The number of nitrogens with one attached hydrogen (secondary N) is 1. The van der Waals surface area contributed by atoms with Crippen LogP contribution in [0.2, 0.25) is 0 Å². The molecule has 0 saturated carbocycles. The number of hydrogen-bond acceptors (Lipinski definition) is 6. The summed E-state index contributed by atoms with van der Waals surface area (Å²) >= 11 is 2.16. The fourth-order valence-corrected chi connectivity index (χ4v) is 1.94. The molecule has 0 aliphatic heterocycles. The Hall–Kier alpha value is -1.84. The molecule has 0 bridgehead atoms. The molecule has 0 amide bonds. The van der Waals surface area contributed by atoms with Gasteiger partial charge >= 0.3 is 0 Å². The summed E-state index contributed by atoms with van der Waals surface area (Å²) in [6.45, 7) is 1.93. The predicted octanol–water partition coefficient (Wildman–Crippen LogP) is 1.31. The molecule has 0 aliphatic rings. The Kier molecular flexibility index (Phi) is 4.20. The first-order valence-corrected chi connectivity index (χ1v) is 6.66. The second kappa shape index (κ2) is 5.87. The van der Waals surface area contributed by atoms with Crippen LogP contribution >= 0.6 is 22.6 Å². The van der Waals surface area contributed by atoms with Crippen LogP contribution in [0.25, 0.3) is 0 Å². The van der Waals surface area contributed by atoms with Crippen LogP contribution < -0.4 is 11.3 Å². The van der Waals surface area contributed by atoms with Gasteiger partial charge in [-0.05, 0) is 40.8 Å². The first-order chi connectivity index (χ1) is 9.11. The Balaban J connectivity index is 2.11. The van der Waals surface area contributed by atoms with Crippen molar-refractivity contribution >= 4 is 34.8 Å². The molecule has 7 nitrogen and oxygen atoms in total. The number of nitrogens with zero attached hydrogens (tertiary/aromatic N) is 4. The van der Waals surface area contributed by atoms with E-state index in [1.54, 1.807) is 6.07 Å². The van der Waals surface area contributed by atoms with Crippen LogP contribution in [0.5, 0.6) is 5.75 Å². The van der Waals surface area contributed by atoms with E-state index in [-0.39, 0.29) is 5.75 Å². The number of aromatic nitrogens is 3. The maximum Gasteiger partial charge on any atom is 0.263 e. The van der Waals surface area contributed by atoms with Gasteiger partial charge < -0.3 is 10.9 Å². The zero-order valence-electron chi connectivity index (χ0n) is 10.2. The van der Waals surface area contributed by atoms with Gasteiger partial charge in [0.1, 0.15) is 5.75 Å². The first kappa shape index (κ1) is 13.6. The van der Waals surface area contributed by atoms with E-state index in [4.69, 9.17) is 5.84 Å². The average molecular weight is 372 g/mol. The quantitative estimate of drug-likeness (QED) is 0.325. The number of phenols is 1. The molecule has 1 aromatic carbocycles. The summed E-state index contributed by atoms with van der Waals surface area (Å²) in [4.78, 5) is 0. The molecule has 0 spiro atoms. The maximum absolute atomic E-state index is 9.65. The molecule has 2 rings (SSSR count). The van der Waals surface area contributed by atoms with E-state index in [1.165, 1.54) is 10.9 Å². The minimum atomic E-state index is 0.162. The number of phenolic OH excluding ortho intramolecular Hbond substituents is 1. The number of aryl methyl sites for hydroxylation is 1. The van der Waals surface area contributed by atoms with Gasteiger partial charge in [0.25, 0.3) is 5.95 Å². The second-order valence-corrected chi connectivity index (χ2v) is 4.98. The van der Waals surface area contributed by atoms with E-state index in [0.29, 0.717) is 23.8 Å². The van der Waals surface area contributed by atoms with Gasteiger partial charge in [0.15, 0.2) is 5.82 Å². The largest absolute Gasteiger partial charge is 0.507 e. The van der Waals surface area contributed by atoms with E-state index >= 15 is 0 Å². The highest BCUT2D eigenvalue weighted by Gasteiger charge is 2.06. The lowest BCUT2D eigenvalue weighted by atomic mass is 10.2. The lowest BCUT2D eigenvalue weighted by molar-refractivity contribution is 0.474. The number of halogens is 1. The minimum Gasteiger partial charge on any atom is -0.507 e. The highest BCUT2D eigenvalue weighted by atomic mass is 127. The number of aromatic hydroxyl groups is 1. The summed E-state index contributed by atoms with van der Waals surface area (Å²) in [7, 11) is 0. The molecule has 0 atom stereocenters. The highest BCUT2D eigenvalue weighted by Crippen LogP contribution is 2.17. The number of nitrogen functional groups attached to an aromatic ring is 1. The Labute approximate surface area is 123 Å². The third kappa shape index (κ3) is 3.13. The highest BCUT2D eigenvalue weighted by molar-refractivity contribution is 14.1. The smallest absolute Gasteiger partial charge is 0.263 e. The molecule has 19 heavy (non-hydrogen) atoms. The van der Waals surface area contributed by atoms with Crippen LogP contribution in [0.4, 0.5) is 5.95 Å². The van der Waals surface area contributed by atoms with Gasteiger partial charge in [-0.2, -0.15) is 5.10 Å². The van der Waals surface area contributed by atoms with Crippen molar-refractivity contribution in [3.63, 3.8) is 0 Å². The zero-order chi connectivity index (χ0) is 13.8. The number of anilines is 1. The molecule has 1 heterocycles. The summed E-state index contributed by atoms with van der Waals surface area (Å²) in [6, 6.07) is 5.24. The van der Waals surface area contributed by atoms with E-state index in [9.17, 15) is 5.11 Å². The Bertz CT molecular complexity index is 609. The second-order valence-electron chi connectivity index (χ2n) is 3.74. The van der Waals surface area contributed by atoms with Gasteiger partial charge in [-0.1, -0.05) is 6.92 Å². The van der Waals surface area contributed by atoms with Gasteiger partial charge in [0.2, 0.25) is 0 Å². The van der Waals surface area contributed by atoms with Gasteiger partial charge in [0, 0.05) is 15.6 Å². The third-order valence-electron chi connectivity index (χ3n) is 2.44. The van der Waals surface area contributed by atoms with E-state index < -0.39 is 0 Å². The van der Waals surface area contributed by atoms with Crippen molar-refractivity contribution in [3.05, 3.63) is 33.2 Å². The molecular formula is C11H13IN6O. The maximum atomic E-state index is 9.65. The average Bonchev–Trinajstić information content (AvgIpc) is 2.75. The predicted molar refractivity (Wildman–Crippen MR) is 81.6 cm³/mol.